The summed E-state index contributed by atoms with van der Waals surface area (Å²) in [4.78, 5) is 13.2. The number of nitrogens with zero attached hydrogens (tertiary/aromatic N) is 1. The smallest absolute Gasteiger partial charge is 0.338 e. The second kappa shape index (κ2) is 7.26. The Balaban J connectivity index is 1.91. The Labute approximate surface area is 123 Å². The molecule has 6 heteroatoms. The lowest BCUT2D eigenvalue weighted by molar-refractivity contribution is 0.0692. The van der Waals surface area contributed by atoms with E-state index in [-0.39, 0.29) is 5.69 Å². The summed E-state index contributed by atoms with van der Waals surface area (Å²) in [5, 5.41) is 11.9. The predicted molar refractivity (Wildman–Crippen MR) is 81.2 cm³/mol. The van der Waals surface area contributed by atoms with Crippen LogP contribution in [0.1, 0.15) is 36.0 Å². The van der Waals surface area contributed by atoms with E-state index in [0.717, 1.165) is 31.8 Å². The number of hydrogen-bond acceptors (Lipinski definition) is 4. The molecule has 1 aromatic carbocycles. The number of likely N-dealkylation sites (tertiary alicyclic amines) is 1. The van der Waals surface area contributed by atoms with Gasteiger partial charge in [0, 0.05) is 13.1 Å². The molecule has 1 saturated heterocycles. The fourth-order valence-electron chi connectivity index (χ4n) is 2.62. The normalized spacial score (nSPS) is 16.4. The van der Waals surface area contributed by atoms with E-state index in [1.165, 1.54) is 25.7 Å². The number of anilines is 2. The van der Waals surface area contributed by atoms with Gasteiger partial charge in [0.15, 0.2) is 0 Å². The summed E-state index contributed by atoms with van der Waals surface area (Å²) in [6.07, 6.45) is 5.03. The summed E-state index contributed by atoms with van der Waals surface area (Å²) in [7, 11) is 0. The molecule has 0 atom stereocenters. The number of aromatic carboxylic acids is 1. The van der Waals surface area contributed by atoms with E-state index in [1.807, 2.05) is 0 Å². The van der Waals surface area contributed by atoms with Gasteiger partial charge in [-0.1, -0.05) is 12.8 Å². The van der Waals surface area contributed by atoms with Gasteiger partial charge in [0.1, 0.15) is 5.82 Å². The fourth-order valence-corrected chi connectivity index (χ4v) is 2.62. The fraction of sp³-hybridized carbons (Fsp3) is 0.533. The lowest BCUT2D eigenvalue weighted by atomic mass is 10.1. The summed E-state index contributed by atoms with van der Waals surface area (Å²) in [5.41, 5.74) is 6.07. The van der Waals surface area contributed by atoms with Crippen molar-refractivity contribution in [3.63, 3.8) is 0 Å². The minimum absolute atomic E-state index is 0.254. The number of benzene rings is 1. The number of halogens is 1. The Kier molecular flexibility index (Phi) is 5.38. The molecule has 0 aliphatic carbocycles. The Morgan fingerprint density at radius 2 is 1.95 bits per heavy atom. The highest BCUT2D eigenvalue weighted by Gasteiger charge is 2.14. The van der Waals surface area contributed by atoms with E-state index >= 15 is 0 Å². The zero-order chi connectivity index (χ0) is 15.2. The van der Waals surface area contributed by atoms with Crippen molar-refractivity contribution in [2.75, 3.05) is 37.2 Å². The van der Waals surface area contributed by atoms with Crippen LogP contribution in [0.5, 0.6) is 0 Å². The number of carboxylic acids is 1. The van der Waals surface area contributed by atoms with Gasteiger partial charge in [-0.05, 0) is 38.1 Å². The summed E-state index contributed by atoms with van der Waals surface area (Å²) >= 11 is 0. The molecule has 0 radical (unpaired) electrons. The first-order valence-electron chi connectivity index (χ1n) is 7.36. The highest BCUT2D eigenvalue weighted by atomic mass is 19.1. The molecule has 21 heavy (non-hydrogen) atoms. The van der Waals surface area contributed by atoms with E-state index in [0.29, 0.717) is 12.2 Å². The van der Waals surface area contributed by atoms with E-state index < -0.39 is 17.3 Å². The van der Waals surface area contributed by atoms with Crippen molar-refractivity contribution < 1.29 is 14.3 Å². The molecule has 0 spiro atoms. The monoisotopic (exact) mass is 295 g/mol. The number of nitrogens with two attached hydrogens (primary N) is 1. The van der Waals surface area contributed by atoms with Crippen LogP contribution in [0.2, 0.25) is 0 Å². The number of nitrogens with one attached hydrogen (secondary N) is 1. The van der Waals surface area contributed by atoms with Crippen LogP contribution in [0, 0.1) is 5.82 Å². The zero-order valence-electron chi connectivity index (χ0n) is 12.1. The minimum Gasteiger partial charge on any atom is -0.478 e. The van der Waals surface area contributed by atoms with Crippen molar-refractivity contribution in [2.24, 2.45) is 0 Å². The van der Waals surface area contributed by atoms with Crippen LogP contribution in [0.25, 0.3) is 0 Å². The van der Waals surface area contributed by atoms with E-state index in [4.69, 9.17) is 10.8 Å². The summed E-state index contributed by atoms with van der Waals surface area (Å²) in [6.45, 7) is 3.74. The van der Waals surface area contributed by atoms with Gasteiger partial charge >= 0.3 is 5.97 Å². The summed E-state index contributed by atoms with van der Waals surface area (Å²) < 4.78 is 13.6. The molecule has 0 bridgehead atoms. The van der Waals surface area contributed by atoms with Gasteiger partial charge < -0.3 is 21.1 Å². The highest BCUT2D eigenvalue weighted by Crippen LogP contribution is 2.23. The lowest BCUT2D eigenvalue weighted by Crippen LogP contribution is -2.30. The number of carbonyl (C=O) groups is 1. The number of rotatable bonds is 5. The first kappa shape index (κ1) is 15.6. The van der Waals surface area contributed by atoms with Crippen molar-refractivity contribution in [3.8, 4) is 0 Å². The van der Waals surface area contributed by atoms with Gasteiger partial charge in [-0.15, -0.1) is 0 Å². The van der Waals surface area contributed by atoms with Gasteiger partial charge in [-0.3, -0.25) is 0 Å². The maximum Gasteiger partial charge on any atom is 0.338 e. The maximum absolute atomic E-state index is 13.6. The van der Waals surface area contributed by atoms with Crippen LogP contribution in [0.3, 0.4) is 0 Å². The maximum atomic E-state index is 13.6. The van der Waals surface area contributed by atoms with E-state index in [1.54, 1.807) is 0 Å². The Hall–Kier alpha value is -1.82. The third kappa shape index (κ3) is 4.32. The average Bonchev–Trinajstić information content (AvgIpc) is 2.70. The van der Waals surface area contributed by atoms with Crippen LogP contribution in [0.15, 0.2) is 12.1 Å². The Bertz CT molecular complexity index is 500. The number of hydrogen-bond donors (Lipinski definition) is 3. The Morgan fingerprint density at radius 3 is 2.57 bits per heavy atom. The summed E-state index contributed by atoms with van der Waals surface area (Å²) in [5.74, 6) is -2.08. The molecule has 0 amide bonds. The SMILES string of the molecule is Nc1cc(C(=O)O)c(F)cc1NCCN1CCCCCC1. The third-order valence-electron chi connectivity index (χ3n) is 3.81. The molecule has 2 rings (SSSR count). The van der Waals surface area contributed by atoms with Gasteiger partial charge in [0.05, 0.1) is 16.9 Å². The quantitative estimate of drug-likeness (QED) is 0.727. The molecule has 0 unspecified atom stereocenters. The lowest BCUT2D eigenvalue weighted by Gasteiger charge is -2.20. The van der Waals surface area contributed by atoms with Gasteiger partial charge in [-0.2, -0.15) is 0 Å². The molecule has 1 fully saturated rings. The van der Waals surface area contributed by atoms with Crippen LogP contribution in [-0.2, 0) is 0 Å². The first-order chi connectivity index (χ1) is 10.1. The van der Waals surface area contributed by atoms with Gasteiger partial charge in [0.2, 0.25) is 0 Å². The van der Waals surface area contributed by atoms with Crippen LogP contribution in [0.4, 0.5) is 15.8 Å². The van der Waals surface area contributed by atoms with Crippen molar-refractivity contribution in [1.29, 1.82) is 0 Å². The second-order valence-corrected chi connectivity index (χ2v) is 5.41. The molecule has 0 saturated carbocycles. The zero-order valence-corrected chi connectivity index (χ0v) is 12.1. The van der Waals surface area contributed by atoms with Crippen molar-refractivity contribution in [3.05, 3.63) is 23.5 Å². The van der Waals surface area contributed by atoms with Crippen molar-refractivity contribution >= 4 is 17.3 Å². The molecule has 1 heterocycles. The predicted octanol–water partition coefficient (Wildman–Crippen LogP) is 2.39. The largest absolute Gasteiger partial charge is 0.478 e. The summed E-state index contributed by atoms with van der Waals surface area (Å²) in [6, 6.07) is 2.31. The molecular formula is C15H22FN3O2. The molecule has 5 nitrogen and oxygen atoms in total. The molecular weight excluding hydrogens is 273 g/mol. The standard InChI is InChI=1S/C15H22FN3O2/c16-12-10-14(13(17)9-11(12)15(20)21)18-5-8-19-6-3-1-2-4-7-19/h9-10,18H,1-8,17H2,(H,20,21). The Morgan fingerprint density at radius 1 is 1.29 bits per heavy atom. The molecule has 1 aliphatic heterocycles. The van der Waals surface area contributed by atoms with Crippen LogP contribution < -0.4 is 11.1 Å². The van der Waals surface area contributed by atoms with Crippen LogP contribution in [-0.4, -0.2) is 42.2 Å². The highest BCUT2D eigenvalue weighted by molar-refractivity contribution is 5.90. The second-order valence-electron chi connectivity index (χ2n) is 5.41. The van der Waals surface area contributed by atoms with Gasteiger partial charge in [-0.25, -0.2) is 9.18 Å². The molecule has 116 valence electrons. The first-order valence-corrected chi connectivity index (χ1v) is 7.36. The van der Waals surface area contributed by atoms with E-state index in [9.17, 15) is 9.18 Å². The molecule has 4 N–H and O–H groups in total. The van der Waals surface area contributed by atoms with Crippen molar-refractivity contribution in [2.45, 2.75) is 25.7 Å². The van der Waals surface area contributed by atoms with Crippen LogP contribution >= 0.6 is 0 Å². The number of nitrogen functional groups attached to an aromatic ring is 1. The average molecular weight is 295 g/mol. The van der Waals surface area contributed by atoms with Gasteiger partial charge in [0.25, 0.3) is 0 Å². The topological polar surface area (TPSA) is 78.6 Å². The molecule has 1 aromatic rings. The van der Waals surface area contributed by atoms with Crippen molar-refractivity contribution in [1.82, 2.24) is 4.90 Å². The van der Waals surface area contributed by atoms with E-state index in [2.05, 4.69) is 10.2 Å². The third-order valence-corrected chi connectivity index (χ3v) is 3.81. The molecule has 0 aromatic heterocycles. The number of carboxylic acid groups (broad SMARTS) is 1. The minimum atomic E-state index is -1.31. The molecule has 1 aliphatic rings.